The first-order valence-electron chi connectivity index (χ1n) is 7.96. The summed E-state index contributed by atoms with van der Waals surface area (Å²) < 4.78 is 0. The number of thioether (sulfide) groups is 1. The quantitative estimate of drug-likeness (QED) is 0.458. The van der Waals surface area contributed by atoms with E-state index in [1.54, 1.807) is 11.8 Å². The third-order valence-electron chi connectivity index (χ3n) is 3.48. The predicted molar refractivity (Wildman–Crippen MR) is 101 cm³/mol. The van der Waals surface area contributed by atoms with Gasteiger partial charge in [0.1, 0.15) is 4.99 Å². The fourth-order valence-electron chi connectivity index (χ4n) is 2.49. The van der Waals surface area contributed by atoms with E-state index in [1.807, 2.05) is 0 Å². The third kappa shape index (κ3) is 5.87. The largest absolute Gasteiger partial charge is 0.389 e. The van der Waals surface area contributed by atoms with Crippen LogP contribution in [0.3, 0.4) is 0 Å². The molecule has 0 amide bonds. The molecule has 0 bridgehead atoms. The lowest BCUT2D eigenvalue weighted by atomic mass is 10.0. The maximum absolute atomic E-state index is 5.97. The molecule has 0 saturated carbocycles. The van der Waals surface area contributed by atoms with Crippen molar-refractivity contribution in [2.45, 2.75) is 63.8 Å². The third-order valence-corrected chi connectivity index (χ3v) is 4.62. The van der Waals surface area contributed by atoms with Crippen molar-refractivity contribution >= 4 is 34.7 Å². The lowest BCUT2D eigenvalue weighted by Gasteiger charge is -2.22. The van der Waals surface area contributed by atoms with Crippen LogP contribution in [0.4, 0.5) is 5.69 Å². The number of hydrogen-bond acceptors (Lipinski definition) is 3. The SMILES string of the molecule is CCCCC(CCC)Nc1cccc(SCC)c1C(N)=S. The van der Waals surface area contributed by atoms with Gasteiger partial charge in [0, 0.05) is 22.2 Å². The van der Waals surface area contributed by atoms with E-state index in [9.17, 15) is 0 Å². The first-order chi connectivity index (χ1) is 10.1. The molecule has 0 saturated heterocycles. The van der Waals surface area contributed by atoms with Crippen molar-refractivity contribution in [3.05, 3.63) is 23.8 Å². The second-order valence-corrected chi connectivity index (χ2v) is 6.99. The van der Waals surface area contributed by atoms with Crippen LogP contribution >= 0.6 is 24.0 Å². The van der Waals surface area contributed by atoms with E-state index in [0.717, 1.165) is 17.0 Å². The van der Waals surface area contributed by atoms with Gasteiger partial charge in [-0.15, -0.1) is 11.8 Å². The first-order valence-corrected chi connectivity index (χ1v) is 9.35. The van der Waals surface area contributed by atoms with E-state index in [2.05, 4.69) is 44.3 Å². The van der Waals surface area contributed by atoms with Gasteiger partial charge < -0.3 is 11.1 Å². The van der Waals surface area contributed by atoms with E-state index in [-0.39, 0.29) is 0 Å². The number of benzene rings is 1. The minimum Gasteiger partial charge on any atom is -0.389 e. The maximum Gasteiger partial charge on any atom is 0.107 e. The van der Waals surface area contributed by atoms with Crippen molar-refractivity contribution in [3.8, 4) is 0 Å². The molecule has 1 aromatic rings. The Hall–Kier alpha value is -0.740. The van der Waals surface area contributed by atoms with Crippen molar-refractivity contribution in [1.82, 2.24) is 0 Å². The molecule has 118 valence electrons. The van der Waals surface area contributed by atoms with Crippen molar-refractivity contribution in [2.75, 3.05) is 11.1 Å². The van der Waals surface area contributed by atoms with E-state index in [0.29, 0.717) is 11.0 Å². The molecule has 0 aliphatic carbocycles. The standard InChI is InChI=1S/C17H28N2S2/c1-4-7-10-13(9-5-2)19-14-11-8-12-15(21-6-3)16(14)17(18)20/h8,11-13,19H,4-7,9-10H2,1-3H3,(H2,18,20). The molecule has 0 heterocycles. The zero-order chi connectivity index (χ0) is 15.7. The Morgan fingerprint density at radius 1 is 1.24 bits per heavy atom. The van der Waals surface area contributed by atoms with Gasteiger partial charge in [-0.2, -0.15) is 0 Å². The van der Waals surface area contributed by atoms with Crippen LogP contribution in [0.2, 0.25) is 0 Å². The van der Waals surface area contributed by atoms with E-state index in [4.69, 9.17) is 18.0 Å². The zero-order valence-electron chi connectivity index (χ0n) is 13.4. The van der Waals surface area contributed by atoms with Gasteiger partial charge in [0.15, 0.2) is 0 Å². The summed E-state index contributed by atoms with van der Waals surface area (Å²) in [5.41, 5.74) is 8.08. The Labute approximate surface area is 139 Å². The highest BCUT2D eigenvalue weighted by Gasteiger charge is 2.14. The van der Waals surface area contributed by atoms with Crippen LogP contribution in [-0.2, 0) is 0 Å². The molecule has 4 heteroatoms. The number of thiocarbonyl (C=S) groups is 1. The highest BCUT2D eigenvalue weighted by Crippen LogP contribution is 2.29. The minimum atomic E-state index is 0.486. The van der Waals surface area contributed by atoms with Crippen molar-refractivity contribution < 1.29 is 0 Å². The van der Waals surface area contributed by atoms with Gasteiger partial charge in [0.25, 0.3) is 0 Å². The number of anilines is 1. The van der Waals surface area contributed by atoms with Crippen molar-refractivity contribution in [2.24, 2.45) is 5.73 Å². The van der Waals surface area contributed by atoms with Crippen molar-refractivity contribution in [1.29, 1.82) is 0 Å². The molecule has 1 aromatic carbocycles. The highest BCUT2D eigenvalue weighted by atomic mass is 32.2. The Kier molecular flexibility index (Phi) is 8.77. The normalized spacial score (nSPS) is 12.1. The number of unbranched alkanes of at least 4 members (excludes halogenated alkanes) is 1. The number of hydrogen-bond donors (Lipinski definition) is 2. The van der Waals surface area contributed by atoms with Gasteiger partial charge in [-0.05, 0) is 30.7 Å². The molecule has 0 aliphatic rings. The fourth-order valence-corrected chi connectivity index (χ4v) is 3.62. The van der Waals surface area contributed by atoms with E-state index < -0.39 is 0 Å². The summed E-state index contributed by atoms with van der Waals surface area (Å²) in [7, 11) is 0. The van der Waals surface area contributed by atoms with Gasteiger partial charge in [-0.3, -0.25) is 0 Å². The minimum absolute atomic E-state index is 0.486. The molecule has 3 N–H and O–H groups in total. The summed E-state index contributed by atoms with van der Waals surface area (Å²) in [6.45, 7) is 6.62. The van der Waals surface area contributed by atoms with Gasteiger partial charge in [0.05, 0.1) is 0 Å². The summed E-state index contributed by atoms with van der Waals surface area (Å²) in [6.07, 6.45) is 6.06. The van der Waals surface area contributed by atoms with Crippen LogP contribution in [0, 0.1) is 0 Å². The zero-order valence-corrected chi connectivity index (χ0v) is 15.1. The van der Waals surface area contributed by atoms with Crippen LogP contribution in [-0.4, -0.2) is 16.8 Å². The lowest BCUT2D eigenvalue weighted by molar-refractivity contribution is 0.564. The van der Waals surface area contributed by atoms with Gasteiger partial charge >= 0.3 is 0 Å². The van der Waals surface area contributed by atoms with Crippen LogP contribution < -0.4 is 11.1 Å². The number of nitrogens with one attached hydrogen (secondary N) is 1. The second kappa shape index (κ2) is 10.1. The predicted octanol–water partition coefficient (Wildman–Crippen LogP) is 5.20. The molecule has 1 unspecified atom stereocenters. The molecule has 2 nitrogen and oxygen atoms in total. The van der Waals surface area contributed by atoms with Gasteiger partial charge in [-0.1, -0.05) is 58.3 Å². The molecule has 0 spiro atoms. The van der Waals surface area contributed by atoms with Gasteiger partial charge in [0.2, 0.25) is 0 Å². The Bertz CT molecular complexity index is 446. The molecular formula is C17H28N2S2. The average molecular weight is 325 g/mol. The van der Waals surface area contributed by atoms with E-state index >= 15 is 0 Å². The average Bonchev–Trinajstić information content (AvgIpc) is 2.45. The second-order valence-electron chi connectivity index (χ2n) is 5.25. The van der Waals surface area contributed by atoms with E-state index in [1.165, 1.54) is 37.0 Å². The van der Waals surface area contributed by atoms with Crippen LogP contribution in [0.5, 0.6) is 0 Å². The molecule has 1 rings (SSSR count). The summed E-state index contributed by atoms with van der Waals surface area (Å²) in [6, 6.07) is 6.80. The summed E-state index contributed by atoms with van der Waals surface area (Å²) in [5.74, 6) is 1.02. The molecular weight excluding hydrogens is 296 g/mol. The molecule has 0 fully saturated rings. The molecule has 0 aliphatic heterocycles. The molecule has 0 radical (unpaired) electrons. The Morgan fingerprint density at radius 2 is 2.00 bits per heavy atom. The van der Waals surface area contributed by atoms with Crippen LogP contribution in [0.1, 0.15) is 58.4 Å². The molecule has 0 aromatic heterocycles. The maximum atomic E-state index is 5.97. The monoisotopic (exact) mass is 324 g/mol. The Balaban J connectivity index is 2.98. The topological polar surface area (TPSA) is 38.0 Å². The summed E-state index contributed by atoms with van der Waals surface area (Å²) >= 11 is 7.08. The van der Waals surface area contributed by atoms with Gasteiger partial charge in [-0.25, -0.2) is 0 Å². The summed E-state index contributed by atoms with van der Waals surface area (Å²) in [4.78, 5) is 1.67. The fraction of sp³-hybridized carbons (Fsp3) is 0.588. The number of nitrogens with two attached hydrogens (primary N) is 1. The van der Waals surface area contributed by atoms with Crippen molar-refractivity contribution in [3.63, 3.8) is 0 Å². The lowest BCUT2D eigenvalue weighted by Crippen LogP contribution is -2.22. The molecule has 21 heavy (non-hydrogen) atoms. The van der Waals surface area contributed by atoms with Crippen LogP contribution in [0.15, 0.2) is 23.1 Å². The smallest absolute Gasteiger partial charge is 0.107 e. The van der Waals surface area contributed by atoms with Crippen LogP contribution in [0.25, 0.3) is 0 Å². The summed E-state index contributed by atoms with van der Waals surface area (Å²) in [5, 5.41) is 3.68. The number of rotatable bonds is 10. The Morgan fingerprint density at radius 3 is 2.57 bits per heavy atom. The highest BCUT2D eigenvalue weighted by molar-refractivity contribution is 7.99. The first kappa shape index (κ1) is 18.3. The molecule has 1 atom stereocenters.